The molecule has 21 heavy (non-hydrogen) atoms. The minimum Gasteiger partial charge on any atom is -0.496 e. The Balaban J connectivity index is 2.10. The summed E-state index contributed by atoms with van der Waals surface area (Å²) in [5.74, 6) is -0.0449. The van der Waals surface area contributed by atoms with Gasteiger partial charge in [0.15, 0.2) is 0 Å². The molecule has 0 aliphatic heterocycles. The summed E-state index contributed by atoms with van der Waals surface area (Å²) in [5, 5.41) is 9.58. The number of aliphatic carboxylic acids is 1. The first kappa shape index (κ1) is 14.4. The number of carbonyl (C=O) groups is 1. The van der Waals surface area contributed by atoms with E-state index in [0.29, 0.717) is 25.2 Å². The number of carboxylic acid groups (broad SMARTS) is 1. The van der Waals surface area contributed by atoms with E-state index < -0.39 is 11.4 Å². The minimum atomic E-state index is -0.743. The van der Waals surface area contributed by atoms with Crippen molar-refractivity contribution in [2.75, 3.05) is 20.8 Å². The summed E-state index contributed by atoms with van der Waals surface area (Å²) in [7, 11) is 3.33. The van der Waals surface area contributed by atoms with Crippen LogP contribution >= 0.6 is 0 Å². The second kappa shape index (κ2) is 4.73. The van der Waals surface area contributed by atoms with Crippen molar-refractivity contribution in [3.8, 4) is 5.75 Å². The summed E-state index contributed by atoms with van der Waals surface area (Å²) in [6.45, 7) is 2.76. The lowest BCUT2D eigenvalue weighted by Gasteiger charge is -2.22. The van der Waals surface area contributed by atoms with Crippen molar-refractivity contribution in [3.05, 3.63) is 28.8 Å². The van der Waals surface area contributed by atoms with Crippen molar-refractivity contribution in [1.29, 1.82) is 0 Å². The second-order valence-corrected chi connectivity index (χ2v) is 6.47. The van der Waals surface area contributed by atoms with Crippen molar-refractivity contribution >= 4 is 5.97 Å². The molecule has 4 heteroatoms. The summed E-state index contributed by atoms with van der Waals surface area (Å²) in [5.41, 5.74) is 2.56. The highest BCUT2D eigenvalue weighted by atomic mass is 16.5. The van der Waals surface area contributed by atoms with Crippen molar-refractivity contribution in [1.82, 2.24) is 0 Å². The lowest BCUT2D eigenvalue weighted by Crippen LogP contribution is -2.23. The molecule has 0 spiro atoms. The van der Waals surface area contributed by atoms with Crippen molar-refractivity contribution in [2.45, 2.75) is 43.4 Å². The van der Waals surface area contributed by atoms with E-state index in [9.17, 15) is 9.90 Å². The zero-order chi connectivity index (χ0) is 15.3. The van der Waals surface area contributed by atoms with E-state index in [0.717, 1.165) is 24.0 Å². The van der Waals surface area contributed by atoms with Crippen LogP contribution in [-0.4, -0.2) is 31.9 Å². The molecule has 0 aromatic heterocycles. The second-order valence-electron chi connectivity index (χ2n) is 6.47. The summed E-state index contributed by atoms with van der Waals surface area (Å²) in [6.07, 6.45) is 3.60. The van der Waals surface area contributed by atoms with Crippen molar-refractivity contribution < 1.29 is 19.4 Å². The number of rotatable bonds is 6. The molecule has 1 aromatic carbocycles. The number of aryl methyl sites for hydroxylation is 1. The monoisotopic (exact) mass is 290 g/mol. The molecule has 1 N–H and O–H groups in total. The van der Waals surface area contributed by atoms with Gasteiger partial charge in [-0.05, 0) is 49.8 Å². The summed E-state index contributed by atoms with van der Waals surface area (Å²) >= 11 is 0. The highest BCUT2D eigenvalue weighted by Crippen LogP contribution is 2.55. The molecule has 3 rings (SSSR count). The van der Waals surface area contributed by atoms with Crippen LogP contribution in [0.15, 0.2) is 12.1 Å². The molecule has 0 saturated heterocycles. The first-order valence-electron chi connectivity index (χ1n) is 7.41. The Morgan fingerprint density at radius 3 is 2.29 bits per heavy atom. The normalized spacial score (nSPS) is 20.9. The molecule has 0 radical (unpaired) electrons. The van der Waals surface area contributed by atoms with Crippen LogP contribution in [0.4, 0.5) is 0 Å². The first-order chi connectivity index (χ1) is 9.99. The van der Waals surface area contributed by atoms with Crippen LogP contribution in [0.2, 0.25) is 0 Å². The standard InChI is InChI=1S/C17H22O4/c1-11-8-14(21-3)13(17(6-7-17)15(18)19)9-12(11)16(4-5-16)10-20-2/h8-9H,4-7,10H2,1-3H3,(H,18,19). The summed E-state index contributed by atoms with van der Waals surface area (Å²) < 4.78 is 10.8. The highest BCUT2D eigenvalue weighted by Gasteiger charge is 2.54. The fourth-order valence-electron chi connectivity index (χ4n) is 3.44. The number of hydrogen-bond acceptors (Lipinski definition) is 3. The molecule has 2 fully saturated rings. The van der Waals surface area contributed by atoms with Crippen molar-refractivity contribution in [2.24, 2.45) is 0 Å². The van der Waals surface area contributed by atoms with Crippen LogP contribution in [0, 0.1) is 6.92 Å². The van der Waals surface area contributed by atoms with Crippen LogP contribution in [0.1, 0.15) is 42.4 Å². The Labute approximate surface area is 125 Å². The van der Waals surface area contributed by atoms with Gasteiger partial charge in [0.2, 0.25) is 0 Å². The topological polar surface area (TPSA) is 55.8 Å². The SMILES string of the molecule is COCC1(c2cc(C3(C(=O)O)CC3)c(OC)cc2C)CC1. The lowest BCUT2D eigenvalue weighted by molar-refractivity contribution is -0.140. The van der Waals surface area contributed by atoms with Gasteiger partial charge in [-0.15, -0.1) is 0 Å². The van der Waals surface area contributed by atoms with E-state index >= 15 is 0 Å². The van der Waals surface area contributed by atoms with Crippen LogP contribution in [0.5, 0.6) is 5.75 Å². The molecule has 1 aromatic rings. The molecule has 2 aliphatic rings. The van der Waals surface area contributed by atoms with Gasteiger partial charge < -0.3 is 14.6 Å². The Bertz CT molecular complexity index is 583. The molecule has 0 amide bonds. The zero-order valence-electron chi connectivity index (χ0n) is 12.9. The van der Waals surface area contributed by atoms with Gasteiger partial charge in [-0.2, -0.15) is 0 Å². The van der Waals surface area contributed by atoms with E-state index in [-0.39, 0.29) is 5.41 Å². The van der Waals surface area contributed by atoms with E-state index in [2.05, 4.69) is 13.0 Å². The van der Waals surface area contributed by atoms with Gasteiger partial charge in [0, 0.05) is 18.1 Å². The van der Waals surface area contributed by atoms with E-state index in [4.69, 9.17) is 9.47 Å². The van der Waals surface area contributed by atoms with Gasteiger partial charge in [-0.3, -0.25) is 4.79 Å². The minimum absolute atomic E-state index is 0.0778. The fourth-order valence-corrected chi connectivity index (χ4v) is 3.44. The van der Waals surface area contributed by atoms with Gasteiger partial charge in [0.1, 0.15) is 5.75 Å². The maximum Gasteiger partial charge on any atom is 0.314 e. The third kappa shape index (κ3) is 2.13. The van der Waals surface area contributed by atoms with E-state index in [1.54, 1.807) is 14.2 Å². The van der Waals surface area contributed by atoms with Gasteiger partial charge >= 0.3 is 5.97 Å². The first-order valence-corrected chi connectivity index (χ1v) is 7.41. The van der Waals surface area contributed by atoms with Crippen molar-refractivity contribution in [3.63, 3.8) is 0 Å². The molecule has 0 heterocycles. The van der Waals surface area contributed by atoms with Crippen LogP contribution in [0.25, 0.3) is 0 Å². The quantitative estimate of drug-likeness (QED) is 0.875. The Morgan fingerprint density at radius 2 is 1.86 bits per heavy atom. The van der Waals surface area contributed by atoms with Gasteiger partial charge in [-0.1, -0.05) is 6.07 Å². The smallest absolute Gasteiger partial charge is 0.314 e. The molecule has 0 atom stereocenters. The molecule has 2 saturated carbocycles. The average molecular weight is 290 g/mol. The Kier molecular flexibility index (Phi) is 3.24. The predicted molar refractivity (Wildman–Crippen MR) is 79.1 cm³/mol. The number of hydrogen-bond donors (Lipinski definition) is 1. The van der Waals surface area contributed by atoms with Gasteiger partial charge in [-0.25, -0.2) is 0 Å². The summed E-state index contributed by atoms with van der Waals surface area (Å²) in [4.78, 5) is 11.7. The number of carboxylic acids is 1. The van der Waals surface area contributed by atoms with E-state index in [1.807, 2.05) is 6.07 Å². The van der Waals surface area contributed by atoms with Crippen LogP contribution in [-0.2, 0) is 20.4 Å². The zero-order valence-corrected chi connectivity index (χ0v) is 12.9. The third-order valence-corrected chi connectivity index (χ3v) is 5.07. The molecular weight excluding hydrogens is 268 g/mol. The molecular formula is C17H22O4. The number of methoxy groups -OCH3 is 2. The van der Waals surface area contributed by atoms with Crippen LogP contribution in [0.3, 0.4) is 0 Å². The fraction of sp³-hybridized carbons (Fsp3) is 0.588. The van der Waals surface area contributed by atoms with Crippen LogP contribution < -0.4 is 4.74 Å². The highest BCUT2D eigenvalue weighted by molar-refractivity contribution is 5.86. The van der Waals surface area contributed by atoms with Gasteiger partial charge in [0.25, 0.3) is 0 Å². The lowest BCUT2D eigenvalue weighted by atomic mass is 9.85. The Morgan fingerprint density at radius 1 is 1.19 bits per heavy atom. The summed E-state index contributed by atoms with van der Waals surface area (Å²) in [6, 6.07) is 4.06. The largest absolute Gasteiger partial charge is 0.496 e. The van der Waals surface area contributed by atoms with Gasteiger partial charge in [0.05, 0.1) is 19.1 Å². The molecule has 0 unspecified atom stereocenters. The molecule has 4 nitrogen and oxygen atoms in total. The molecule has 2 aliphatic carbocycles. The maximum atomic E-state index is 11.7. The van der Waals surface area contributed by atoms with E-state index in [1.165, 1.54) is 5.56 Å². The molecule has 0 bridgehead atoms. The predicted octanol–water partition coefficient (Wildman–Crippen LogP) is 2.80. The average Bonchev–Trinajstić information content (AvgIpc) is 3.33. The Hall–Kier alpha value is -1.55. The number of ether oxygens (including phenoxy) is 2. The maximum absolute atomic E-state index is 11.7. The third-order valence-electron chi connectivity index (χ3n) is 5.07. The number of benzene rings is 1. The molecule has 114 valence electrons.